The fourth-order valence-corrected chi connectivity index (χ4v) is 7.13. The van der Waals surface area contributed by atoms with Gasteiger partial charge in [-0.3, -0.25) is 25.0 Å². The molecular weight excluding hydrogens is 465 g/mol. The van der Waals surface area contributed by atoms with Crippen molar-refractivity contribution in [1.29, 1.82) is 0 Å². The zero-order valence-electron chi connectivity index (χ0n) is 20.1. The van der Waals surface area contributed by atoms with Crippen molar-refractivity contribution in [3.63, 3.8) is 0 Å². The van der Waals surface area contributed by atoms with E-state index in [-0.39, 0.29) is 36.2 Å². The van der Waals surface area contributed by atoms with Crippen LogP contribution in [0.5, 0.6) is 0 Å². The Bertz CT molecular complexity index is 859. The molecule has 1 aromatic carbocycles. The number of likely N-dealkylation sites (tertiary alicyclic amines) is 2. The molecule has 3 aliphatic heterocycles. The molecular formula is C25H36F5N5. The molecule has 0 radical (unpaired) electrons. The first-order valence-corrected chi connectivity index (χ1v) is 12.9. The van der Waals surface area contributed by atoms with E-state index in [1.165, 1.54) is 12.1 Å². The molecule has 1 aliphatic carbocycles. The molecule has 0 bridgehead atoms. The molecule has 5 rings (SSSR count). The number of halogens is 5. The van der Waals surface area contributed by atoms with Gasteiger partial charge >= 0.3 is 0 Å². The summed E-state index contributed by atoms with van der Waals surface area (Å²) in [5.74, 6) is -0.886. The molecule has 1 saturated carbocycles. The van der Waals surface area contributed by atoms with Crippen LogP contribution < -0.4 is 16.2 Å². The van der Waals surface area contributed by atoms with Crippen molar-refractivity contribution in [2.24, 2.45) is 17.8 Å². The van der Waals surface area contributed by atoms with E-state index in [0.717, 1.165) is 25.8 Å². The molecule has 3 saturated heterocycles. The lowest BCUT2D eigenvalue weighted by Crippen LogP contribution is -2.55. The van der Waals surface area contributed by atoms with E-state index in [0.29, 0.717) is 43.7 Å². The number of nitrogens with zero attached hydrogens (tertiary/aromatic N) is 2. The summed E-state index contributed by atoms with van der Waals surface area (Å²) in [5, 5.41) is 3.17. The lowest BCUT2D eigenvalue weighted by molar-refractivity contribution is -0.0632. The van der Waals surface area contributed by atoms with Gasteiger partial charge in [-0.2, -0.15) is 0 Å². The Morgan fingerprint density at radius 1 is 1.09 bits per heavy atom. The number of nitrogens with one attached hydrogen (secondary N) is 3. The van der Waals surface area contributed by atoms with Gasteiger partial charge in [-0.15, -0.1) is 0 Å². The van der Waals surface area contributed by atoms with Crippen LogP contribution in [0.15, 0.2) is 12.1 Å². The number of piperidine rings is 1. The predicted molar refractivity (Wildman–Crippen MR) is 125 cm³/mol. The van der Waals surface area contributed by atoms with Crippen LogP contribution >= 0.6 is 0 Å². The van der Waals surface area contributed by atoms with Crippen molar-refractivity contribution in [3.8, 4) is 0 Å². The molecule has 0 aromatic heterocycles. The average Bonchev–Trinajstić information content (AvgIpc) is 3.26. The van der Waals surface area contributed by atoms with E-state index >= 15 is 8.78 Å². The van der Waals surface area contributed by atoms with Crippen molar-refractivity contribution < 1.29 is 22.0 Å². The van der Waals surface area contributed by atoms with Gasteiger partial charge in [0.1, 0.15) is 11.6 Å². The first kappa shape index (κ1) is 25.2. The van der Waals surface area contributed by atoms with Gasteiger partial charge < -0.3 is 5.32 Å². The topological polar surface area (TPSA) is 42.6 Å². The Labute approximate surface area is 203 Å². The minimum absolute atomic E-state index is 0.0475. The number of alkyl halides is 3. The van der Waals surface area contributed by atoms with Gasteiger partial charge in [-0.1, -0.05) is 0 Å². The summed E-state index contributed by atoms with van der Waals surface area (Å²) in [7, 11) is 0. The van der Waals surface area contributed by atoms with E-state index in [1.807, 2.05) is 6.92 Å². The number of hydrogen-bond acceptors (Lipinski definition) is 5. The van der Waals surface area contributed by atoms with Crippen LogP contribution in [0.2, 0.25) is 0 Å². The van der Waals surface area contributed by atoms with Gasteiger partial charge in [-0.05, 0) is 62.5 Å². The summed E-state index contributed by atoms with van der Waals surface area (Å²) < 4.78 is 70.8. The quantitative estimate of drug-likeness (QED) is 0.471. The second kappa shape index (κ2) is 10.5. The SMILES string of the molecule is C[C@@H]1CC2C3CNNC3CCC2[C@@H](c2c(F)cc(NC3CN(CCCF)C3)cc2F)N1CC(F)F. The summed E-state index contributed by atoms with van der Waals surface area (Å²) in [4.78, 5) is 3.73. The third kappa shape index (κ3) is 5.04. The van der Waals surface area contributed by atoms with Crippen LogP contribution in [0.4, 0.5) is 27.6 Å². The number of fused-ring (bicyclic) bond motifs is 3. The molecule has 0 amide bonds. The monoisotopic (exact) mass is 501 g/mol. The van der Waals surface area contributed by atoms with Crippen LogP contribution in [0.1, 0.15) is 44.2 Å². The Hall–Kier alpha value is -1.49. The second-order valence-corrected chi connectivity index (χ2v) is 10.8. The minimum Gasteiger partial charge on any atom is -0.380 e. The first-order valence-electron chi connectivity index (χ1n) is 12.9. The molecule has 10 heteroatoms. The van der Waals surface area contributed by atoms with Gasteiger partial charge in [0, 0.05) is 55.6 Å². The Kier molecular flexibility index (Phi) is 7.53. The molecule has 4 aliphatic rings. The zero-order valence-corrected chi connectivity index (χ0v) is 20.1. The maximum absolute atomic E-state index is 15.6. The lowest BCUT2D eigenvalue weighted by Gasteiger charge is -2.54. The molecule has 5 nitrogen and oxygen atoms in total. The van der Waals surface area contributed by atoms with Crippen LogP contribution in [-0.2, 0) is 0 Å². The number of benzene rings is 1. The van der Waals surface area contributed by atoms with Gasteiger partial charge in [0.25, 0.3) is 6.43 Å². The Morgan fingerprint density at radius 3 is 2.51 bits per heavy atom. The average molecular weight is 502 g/mol. The fourth-order valence-electron chi connectivity index (χ4n) is 7.13. The van der Waals surface area contributed by atoms with Gasteiger partial charge in [0.2, 0.25) is 0 Å². The Balaban J connectivity index is 1.39. The van der Waals surface area contributed by atoms with Crippen molar-refractivity contribution in [2.45, 2.75) is 63.2 Å². The lowest BCUT2D eigenvalue weighted by atomic mass is 9.62. The van der Waals surface area contributed by atoms with Crippen LogP contribution in [0.25, 0.3) is 0 Å². The molecule has 6 atom stereocenters. The zero-order chi connectivity index (χ0) is 24.7. The highest BCUT2D eigenvalue weighted by atomic mass is 19.3. The molecule has 3 heterocycles. The van der Waals surface area contributed by atoms with E-state index in [1.54, 1.807) is 4.90 Å². The largest absolute Gasteiger partial charge is 0.380 e. The van der Waals surface area contributed by atoms with Crippen molar-refractivity contribution in [2.75, 3.05) is 44.7 Å². The highest BCUT2D eigenvalue weighted by Gasteiger charge is 2.51. The predicted octanol–water partition coefficient (Wildman–Crippen LogP) is 3.94. The summed E-state index contributed by atoms with van der Waals surface area (Å²) in [5.41, 5.74) is 6.82. The number of anilines is 1. The van der Waals surface area contributed by atoms with Crippen LogP contribution in [-0.4, -0.2) is 73.7 Å². The third-order valence-electron chi connectivity index (χ3n) is 8.65. The molecule has 0 spiro atoms. The molecule has 3 N–H and O–H groups in total. The van der Waals surface area contributed by atoms with Crippen LogP contribution in [0, 0.1) is 29.4 Å². The number of rotatable bonds is 8. The van der Waals surface area contributed by atoms with Gasteiger partial charge in [-0.25, -0.2) is 17.6 Å². The fraction of sp³-hybridized carbons (Fsp3) is 0.760. The van der Waals surface area contributed by atoms with Gasteiger partial charge in [0.05, 0.1) is 19.3 Å². The van der Waals surface area contributed by atoms with E-state index in [2.05, 4.69) is 21.1 Å². The number of hydrazine groups is 1. The summed E-state index contributed by atoms with van der Waals surface area (Å²) in [6.07, 6.45) is 0.258. The number of hydrogen-bond donors (Lipinski definition) is 3. The van der Waals surface area contributed by atoms with E-state index in [4.69, 9.17) is 0 Å². The molecule has 196 valence electrons. The summed E-state index contributed by atoms with van der Waals surface area (Å²) >= 11 is 0. The third-order valence-corrected chi connectivity index (χ3v) is 8.65. The summed E-state index contributed by atoms with van der Waals surface area (Å²) in [6.45, 7) is 3.91. The van der Waals surface area contributed by atoms with E-state index in [9.17, 15) is 13.2 Å². The highest BCUT2D eigenvalue weighted by Crippen LogP contribution is 2.52. The van der Waals surface area contributed by atoms with Crippen LogP contribution in [0.3, 0.4) is 0 Å². The Morgan fingerprint density at radius 2 is 1.83 bits per heavy atom. The summed E-state index contributed by atoms with van der Waals surface area (Å²) in [6, 6.07) is 2.07. The van der Waals surface area contributed by atoms with Gasteiger partial charge in [0.15, 0.2) is 0 Å². The maximum atomic E-state index is 15.6. The molecule has 4 fully saturated rings. The smallest absolute Gasteiger partial charge is 0.251 e. The van der Waals surface area contributed by atoms with Crippen molar-refractivity contribution in [3.05, 3.63) is 29.3 Å². The molecule has 35 heavy (non-hydrogen) atoms. The maximum Gasteiger partial charge on any atom is 0.251 e. The van der Waals surface area contributed by atoms with Crippen molar-refractivity contribution >= 4 is 5.69 Å². The highest BCUT2D eigenvalue weighted by molar-refractivity contribution is 5.48. The second-order valence-electron chi connectivity index (χ2n) is 10.8. The normalized spacial score (nSPS) is 34.0. The first-order chi connectivity index (χ1) is 16.9. The minimum atomic E-state index is -2.58. The standard InChI is InChI=1S/C25H36F5N5/c1-14-7-18-17(3-4-22-19(18)10-31-33-22)25(35(14)13-23(29)30)24-20(27)8-15(9-21(24)28)32-16-11-34(12-16)6-2-5-26/h8-9,14,16-19,22-23,25,31-33H,2-7,10-13H2,1H3/t14-,17?,18?,19?,22?,25+/m1/s1. The van der Waals surface area contributed by atoms with Crippen molar-refractivity contribution in [1.82, 2.24) is 20.7 Å². The molecule has 4 unspecified atom stereocenters. The molecule has 1 aromatic rings. The van der Waals surface area contributed by atoms with E-state index < -0.39 is 30.6 Å².